The van der Waals surface area contributed by atoms with Gasteiger partial charge in [-0.2, -0.15) is 0 Å². The predicted molar refractivity (Wildman–Crippen MR) is 107 cm³/mol. The lowest BCUT2D eigenvalue weighted by atomic mass is 9.92. The summed E-state index contributed by atoms with van der Waals surface area (Å²) in [4.78, 5) is 26.7. The summed E-state index contributed by atoms with van der Waals surface area (Å²) in [5.74, 6) is 0.0471. The number of nitrogens with one attached hydrogen (secondary N) is 2. The Bertz CT molecular complexity index is 636. The van der Waals surface area contributed by atoms with Crippen LogP contribution < -0.4 is 10.6 Å². The highest BCUT2D eigenvalue weighted by Gasteiger charge is 2.27. The van der Waals surface area contributed by atoms with Gasteiger partial charge >= 0.3 is 0 Å². The minimum Gasteiger partial charge on any atom is -0.355 e. The smallest absolute Gasteiger partial charge is 0.234 e. The third-order valence-electron chi connectivity index (χ3n) is 5.93. The van der Waals surface area contributed by atoms with E-state index >= 15 is 0 Å². The van der Waals surface area contributed by atoms with Crippen molar-refractivity contribution < 1.29 is 14.0 Å². The summed E-state index contributed by atoms with van der Waals surface area (Å²) in [6, 6.07) is 6.72. The summed E-state index contributed by atoms with van der Waals surface area (Å²) in [7, 11) is 0. The van der Waals surface area contributed by atoms with E-state index in [1.54, 1.807) is 12.1 Å². The van der Waals surface area contributed by atoms with Gasteiger partial charge in [0.1, 0.15) is 5.82 Å². The fraction of sp³-hybridized carbons (Fsp3) is 0.636. The van der Waals surface area contributed by atoms with Crippen molar-refractivity contribution in [1.29, 1.82) is 0 Å². The van der Waals surface area contributed by atoms with Gasteiger partial charge in [0.15, 0.2) is 0 Å². The summed E-state index contributed by atoms with van der Waals surface area (Å²) in [6.45, 7) is 2.49. The average molecular weight is 390 g/mol. The Balaban J connectivity index is 1.30. The maximum absolute atomic E-state index is 12.9. The van der Waals surface area contributed by atoms with Crippen LogP contribution in [0.1, 0.15) is 50.5 Å². The largest absolute Gasteiger partial charge is 0.355 e. The van der Waals surface area contributed by atoms with E-state index in [0.717, 1.165) is 44.3 Å². The van der Waals surface area contributed by atoms with Gasteiger partial charge in [0.2, 0.25) is 11.8 Å². The number of hydrogen-bond donors (Lipinski definition) is 2. The van der Waals surface area contributed by atoms with Crippen LogP contribution in [-0.4, -0.2) is 48.9 Å². The van der Waals surface area contributed by atoms with Crippen molar-refractivity contribution in [3.8, 4) is 0 Å². The summed E-state index contributed by atoms with van der Waals surface area (Å²) >= 11 is 0. The molecule has 1 aromatic rings. The standard InChI is InChI=1S/C22H32FN3O2/c23-19-8-6-17(7-9-19)10-13-24-21(27)16-26-14-11-18(12-15-26)22(28)25-20-4-2-1-3-5-20/h6-9,18,20H,1-5,10-16H2,(H,24,27)(H,25,28). The number of halogens is 1. The summed E-state index contributed by atoms with van der Waals surface area (Å²) < 4.78 is 12.9. The molecule has 1 aliphatic carbocycles. The van der Waals surface area contributed by atoms with Crippen molar-refractivity contribution in [1.82, 2.24) is 15.5 Å². The summed E-state index contributed by atoms with van der Waals surface area (Å²) in [5, 5.41) is 6.16. The highest BCUT2D eigenvalue weighted by molar-refractivity contribution is 5.79. The Morgan fingerprint density at radius 3 is 2.36 bits per heavy atom. The van der Waals surface area contributed by atoms with Crippen LogP contribution in [0.25, 0.3) is 0 Å². The monoisotopic (exact) mass is 389 g/mol. The van der Waals surface area contributed by atoms with Crippen molar-refractivity contribution in [3.63, 3.8) is 0 Å². The quantitative estimate of drug-likeness (QED) is 0.754. The molecule has 0 aromatic heterocycles. The molecule has 1 saturated carbocycles. The molecule has 0 spiro atoms. The van der Waals surface area contributed by atoms with E-state index in [1.165, 1.54) is 31.4 Å². The molecule has 1 aliphatic heterocycles. The lowest BCUT2D eigenvalue weighted by molar-refractivity contribution is -0.127. The molecule has 5 nitrogen and oxygen atoms in total. The molecule has 0 atom stereocenters. The molecule has 2 fully saturated rings. The topological polar surface area (TPSA) is 61.4 Å². The molecule has 154 valence electrons. The lowest BCUT2D eigenvalue weighted by Gasteiger charge is -2.32. The third-order valence-corrected chi connectivity index (χ3v) is 5.93. The molecule has 6 heteroatoms. The van der Waals surface area contributed by atoms with E-state index in [2.05, 4.69) is 15.5 Å². The van der Waals surface area contributed by atoms with Crippen LogP contribution in [0.3, 0.4) is 0 Å². The van der Waals surface area contributed by atoms with E-state index in [0.29, 0.717) is 25.6 Å². The van der Waals surface area contributed by atoms with Gasteiger partial charge in [0.05, 0.1) is 6.54 Å². The van der Waals surface area contributed by atoms with Gasteiger partial charge in [-0.1, -0.05) is 31.4 Å². The van der Waals surface area contributed by atoms with E-state index in [9.17, 15) is 14.0 Å². The second-order valence-electron chi connectivity index (χ2n) is 8.12. The SMILES string of the molecule is O=C(CN1CCC(C(=O)NC2CCCCC2)CC1)NCCc1ccc(F)cc1. The first-order valence-electron chi connectivity index (χ1n) is 10.6. The zero-order valence-corrected chi connectivity index (χ0v) is 16.6. The molecule has 0 unspecified atom stereocenters. The highest BCUT2D eigenvalue weighted by Crippen LogP contribution is 2.21. The molecule has 2 N–H and O–H groups in total. The minimum absolute atomic E-state index is 0.00668. The minimum atomic E-state index is -0.247. The van der Waals surface area contributed by atoms with Crippen molar-refractivity contribution in [3.05, 3.63) is 35.6 Å². The van der Waals surface area contributed by atoms with Crippen molar-refractivity contribution in [2.45, 2.75) is 57.4 Å². The van der Waals surface area contributed by atoms with Crippen LogP contribution >= 0.6 is 0 Å². The Kier molecular flexibility index (Phi) is 7.83. The van der Waals surface area contributed by atoms with E-state index in [1.807, 2.05) is 0 Å². The number of carbonyl (C=O) groups excluding carboxylic acids is 2. The van der Waals surface area contributed by atoms with Gasteiger partial charge in [0, 0.05) is 18.5 Å². The molecular formula is C22H32FN3O2. The number of likely N-dealkylation sites (tertiary alicyclic amines) is 1. The van der Waals surface area contributed by atoms with Crippen LogP contribution in [0.5, 0.6) is 0 Å². The zero-order valence-electron chi connectivity index (χ0n) is 16.6. The first kappa shape index (κ1) is 20.8. The van der Waals surface area contributed by atoms with Crippen molar-refractivity contribution in [2.24, 2.45) is 5.92 Å². The van der Waals surface area contributed by atoms with Gasteiger partial charge < -0.3 is 10.6 Å². The number of hydrogen-bond acceptors (Lipinski definition) is 3. The van der Waals surface area contributed by atoms with Gasteiger partial charge in [-0.05, 0) is 62.9 Å². The third kappa shape index (κ3) is 6.59. The second-order valence-corrected chi connectivity index (χ2v) is 8.12. The molecule has 1 heterocycles. The van der Waals surface area contributed by atoms with Gasteiger partial charge in [-0.3, -0.25) is 14.5 Å². The molecule has 1 aromatic carbocycles. The summed E-state index contributed by atoms with van der Waals surface area (Å²) in [6.07, 6.45) is 8.29. The van der Waals surface area contributed by atoms with E-state index in [4.69, 9.17) is 0 Å². The van der Waals surface area contributed by atoms with E-state index in [-0.39, 0.29) is 23.5 Å². The van der Waals surface area contributed by atoms with Crippen LogP contribution in [0.2, 0.25) is 0 Å². The summed E-state index contributed by atoms with van der Waals surface area (Å²) in [5.41, 5.74) is 1.01. The molecule has 2 aliphatic rings. The van der Waals surface area contributed by atoms with Crippen molar-refractivity contribution in [2.75, 3.05) is 26.2 Å². The van der Waals surface area contributed by atoms with E-state index < -0.39 is 0 Å². The highest BCUT2D eigenvalue weighted by atomic mass is 19.1. The van der Waals surface area contributed by atoms with Gasteiger partial charge in [0.25, 0.3) is 0 Å². The fourth-order valence-electron chi connectivity index (χ4n) is 4.18. The van der Waals surface area contributed by atoms with Gasteiger partial charge in [-0.15, -0.1) is 0 Å². The molecule has 28 heavy (non-hydrogen) atoms. The predicted octanol–water partition coefficient (Wildman–Crippen LogP) is 2.65. The Morgan fingerprint density at radius 1 is 1.00 bits per heavy atom. The number of carbonyl (C=O) groups is 2. The number of nitrogens with zero attached hydrogens (tertiary/aromatic N) is 1. The molecule has 0 bridgehead atoms. The first-order chi connectivity index (χ1) is 13.6. The van der Waals surface area contributed by atoms with Crippen LogP contribution in [0.4, 0.5) is 4.39 Å². The van der Waals surface area contributed by atoms with Crippen LogP contribution in [0.15, 0.2) is 24.3 Å². The van der Waals surface area contributed by atoms with Gasteiger partial charge in [-0.25, -0.2) is 4.39 Å². The number of amides is 2. The molecule has 1 saturated heterocycles. The Labute approximate surface area is 167 Å². The molecule has 0 radical (unpaired) electrons. The lowest BCUT2D eigenvalue weighted by Crippen LogP contribution is -2.46. The first-order valence-corrected chi connectivity index (χ1v) is 10.6. The molecule has 2 amide bonds. The maximum Gasteiger partial charge on any atom is 0.234 e. The van der Waals surface area contributed by atoms with Crippen LogP contribution in [-0.2, 0) is 16.0 Å². The fourth-order valence-corrected chi connectivity index (χ4v) is 4.18. The molecule has 3 rings (SSSR count). The average Bonchev–Trinajstić information content (AvgIpc) is 2.71. The Morgan fingerprint density at radius 2 is 1.68 bits per heavy atom. The van der Waals surface area contributed by atoms with Crippen molar-refractivity contribution >= 4 is 11.8 Å². The maximum atomic E-state index is 12.9. The number of piperidine rings is 1. The zero-order chi connectivity index (χ0) is 19.8. The molecular weight excluding hydrogens is 357 g/mol. The Hall–Kier alpha value is -1.95. The van der Waals surface area contributed by atoms with Crippen LogP contribution in [0, 0.1) is 11.7 Å². The normalized spacial score (nSPS) is 19.3. The second kappa shape index (κ2) is 10.6. The number of rotatable bonds is 7. The number of benzene rings is 1.